The molecule has 0 bridgehead atoms. The number of aromatic nitrogens is 1. The molecule has 0 saturated heterocycles. The van der Waals surface area contributed by atoms with Crippen molar-refractivity contribution in [1.29, 1.82) is 0 Å². The Morgan fingerprint density at radius 2 is 1.06 bits per heavy atom. The van der Waals surface area contributed by atoms with Gasteiger partial charge in [-0.25, -0.2) is 22.0 Å². The maximum absolute atomic E-state index is 15.4. The molecule has 0 aliphatic carbocycles. The number of H-pyrrole nitrogens is 1. The van der Waals surface area contributed by atoms with Crippen molar-refractivity contribution in [3.05, 3.63) is 119 Å². The number of hydrogen-bond acceptors (Lipinski definition) is 13. The van der Waals surface area contributed by atoms with E-state index in [0.29, 0.717) is 28.5 Å². The van der Waals surface area contributed by atoms with Crippen molar-refractivity contribution >= 4 is 94.2 Å². The minimum atomic E-state index is -2.50. The number of primary amides is 1. The average Bonchev–Trinajstić information content (AvgIpc) is 4.01. The zero-order chi connectivity index (χ0) is 59.8. The number of amides is 8. The summed E-state index contributed by atoms with van der Waals surface area (Å²) in [4.78, 5) is 113. The summed E-state index contributed by atoms with van der Waals surface area (Å²) in [6, 6.07) is 6.83. The summed E-state index contributed by atoms with van der Waals surface area (Å²) in [5, 5.41) is 29.2. The van der Waals surface area contributed by atoms with Gasteiger partial charge in [0, 0.05) is 47.0 Å². The van der Waals surface area contributed by atoms with E-state index in [2.05, 4.69) is 67.5 Å². The maximum Gasteiger partial charge on any atom is 0.244 e. The van der Waals surface area contributed by atoms with Gasteiger partial charge in [-0.1, -0.05) is 74.5 Å². The van der Waals surface area contributed by atoms with Crippen LogP contribution in [0.4, 0.5) is 22.0 Å². The van der Waals surface area contributed by atoms with E-state index in [0.717, 1.165) is 10.8 Å². The number of nitrogens with one attached hydrogen (secondary N) is 8. The van der Waals surface area contributed by atoms with Crippen LogP contribution in [-0.2, 0) is 57.6 Å². The number of aliphatic hydroxyl groups excluding tert-OH is 1. The zero-order valence-electron chi connectivity index (χ0n) is 44.3. The molecule has 0 aliphatic heterocycles. The van der Waals surface area contributed by atoms with Crippen molar-refractivity contribution in [2.45, 2.75) is 114 Å². The molecule has 5 rings (SSSR count). The second kappa shape index (κ2) is 29.9. The Morgan fingerprint density at radius 3 is 1.64 bits per heavy atom. The van der Waals surface area contributed by atoms with E-state index in [-0.39, 0.29) is 31.6 Å². The minimum Gasteiger partial charge on any atom is -0.391 e. The fourth-order valence-corrected chi connectivity index (χ4v) is 9.18. The zero-order valence-corrected chi connectivity index (χ0v) is 46.1. The SMILES string of the molecule is CC(C)[C@H](NC(=O)[C@H](CCCCN)NC(=O)[C@@H](Cc1c[nH]c2ccccc12)NC(=O)[C@H](Cc1c(F)c(F)c(F)c(F)c1F)NC(=O)[C@H](CS)NC(=O)[C@H](N)Cc1ccc2ccccc2c1)C(=O)N[C@@H](CS)C(=O)N[C@H](C(N)=O)[C@@H](C)O. The van der Waals surface area contributed by atoms with Crippen LogP contribution in [0.25, 0.3) is 21.7 Å². The Bertz CT molecular complexity index is 3070. The van der Waals surface area contributed by atoms with Gasteiger partial charge in [-0.2, -0.15) is 25.3 Å². The normalized spacial score (nSPS) is 14.8. The summed E-state index contributed by atoms with van der Waals surface area (Å²) >= 11 is 8.31. The molecule has 438 valence electrons. The Kier molecular flexibility index (Phi) is 23.8. The highest BCUT2D eigenvalue weighted by molar-refractivity contribution is 7.80. The highest BCUT2D eigenvalue weighted by Gasteiger charge is 2.37. The average molecular weight is 1170 g/mol. The summed E-state index contributed by atoms with van der Waals surface area (Å²) < 4.78 is 74.5. The van der Waals surface area contributed by atoms with Gasteiger partial charge in [0.2, 0.25) is 53.1 Å². The monoisotopic (exact) mass is 1170 g/mol. The predicted octanol–water partition coefficient (Wildman–Crippen LogP) is 1.28. The Labute approximate surface area is 473 Å². The number of carbonyl (C=O) groups is 8. The van der Waals surface area contributed by atoms with E-state index in [1.165, 1.54) is 13.1 Å². The third kappa shape index (κ3) is 17.1. The molecular weight excluding hydrogens is 1110 g/mol. The minimum absolute atomic E-state index is 0.00379. The number of rotatable bonds is 29. The number of fused-ring (bicyclic) bond motifs is 2. The van der Waals surface area contributed by atoms with Gasteiger partial charge in [0.25, 0.3) is 0 Å². The highest BCUT2D eigenvalue weighted by atomic mass is 32.1. The molecule has 1 aromatic heterocycles. The molecule has 81 heavy (non-hydrogen) atoms. The second-order valence-electron chi connectivity index (χ2n) is 19.6. The molecule has 0 radical (unpaired) electrons. The van der Waals surface area contributed by atoms with Gasteiger partial charge in [-0.3, -0.25) is 38.4 Å². The van der Waals surface area contributed by atoms with Crippen LogP contribution in [0.2, 0.25) is 0 Å². The largest absolute Gasteiger partial charge is 0.391 e. The third-order valence-electron chi connectivity index (χ3n) is 13.2. The van der Waals surface area contributed by atoms with E-state index in [9.17, 15) is 56.6 Å². The smallest absolute Gasteiger partial charge is 0.244 e. The molecular formula is C54H66F5N11O9S2. The van der Waals surface area contributed by atoms with Crippen LogP contribution in [0, 0.1) is 35.0 Å². The van der Waals surface area contributed by atoms with Crippen LogP contribution in [0.1, 0.15) is 56.7 Å². The van der Waals surface area contributed by atoms with Gasteiger partial charge < -0.3 is 64.5 Å². The van der Waals surface area contributed by atoms with Crippen LogP contribution < -0.4 is 54.4 Å². The van der Waals surface area contributed by atoms with Gasteiger partial charge in [-0.05, 0) is 73.0 Å². The molecule has 9 atom stereocenters. The lowest BCUT2D eigenvalue weighted by Gasteiger charge is -2.29. The lowest BCUT2D eigenvalue weighted by Crippen LogP contribution is -2.62. The number of halogens is 5. The van der Waals surface area contributed by atoms with E-state index in [1.807, 2.05) is 36.4 Å². The first kappa shape index (κ1) is 64.5. The van der Waals surface area contributed by atoms with E-state index in [4.69, 9.17) is 17.2 Å². The van der Waals surface area contributed by atoms with E-state index in [1.54, 1.807) is 44.2 Å². The van der Waals surface area contributed by atoms with Crippen LogP contribution in [-0.4, -0.2) is 130 Å². The molecule has 0 aliphatic rings. The number of carbonyl (C=O) groups excluding carboxylic acids is 8. The number of nitrogens with two attached hydrogens (primary N) is 3. The lowest BCUT2D eigenvalue weighted by molar-refractivity contribution is -0.136. The lowest BCUT2D eigenvalue weighted by atomic mass is 9.99. The molecule has 27 heteroatoms. The van der Waals surface area contributed by atoms with Crippen molar-refractivity contribution in [2.75, 3.05) is 18.1 Å². The number of para-hydroxylation sites is 1. The standard InChI is InChI=1S/C54H66F5N11O9S2/c1-25(2)45(54(79)68-39(24-81)53(78)70-46(26(3)71)47(62)72)69-49(74)35(14-8-9-17-60)64-50(75)36(20-30-22-63-34-13-7-6-12-31(30)34)65-51(76)37(21-32-40(55)42(57)44(59)43(58)41(32)56)66-52(77)38(23-80)67-48(73)33(61)19-27-15-16-28-10-4-5-11-29(28)18-27/h4-7,10-13,15-16,18,22,25-26,33,35-39,45-46,63,71,80-81H,8-9,14,17,19-21,23-24,60-61H2,1-3H3,(H2,62,72)(H,64,75)(H,65,76)(H,66,77)(H,67,73)(H,68,79)(H,69,74)(H,70,78)/t26-,33-,35+,36-,37+,38+,39+,45+,46+/m1/s1. The van der Waals surface area contributed by atoms with Crippen LogP contribution in [0.5, 0.6) is 0 Å². The van der Waals surface area contributed by atoms with Crippen LogP contribution in [0.15, 0.2) is 72.9 Å². The summed E-state index contributed by atoms with van der Waals surface area (Å²) in [5.74, 6) is -21.8. The van der Waals surface area contributed by atoms with E-state index >= 15 is 8.78 Å². The highest BCUT2D eigenvalue weighted by Crippen LogP contribution is 2.25. The van der Waals surface area contributed by atoms with Crippen molar-refractivity contribution < 1.29 is 65.4 Å². The molecule has 0 unspecified atom stereocenters. The molecule has 20 nitrogen and oxygen atoms in total. The van der Waals surface area contributed by atoms with Crippen LogP contribution in [0.3, 0.4) is 0 Å². The summed E-state index contributed by atoms with van der Waals surface area (Å²) in [5.41, 5.74) is 17.4. The number of unbranched alkanes of at least 4 members (excludes halogenated alkanes) is 1. The molecule has 0 fully saturated rings. The number of aliphatic hydroxyl groups is 1. The number of thiol groups is 2. The number of aromatic amines is 1. The molecule has 8 amide bonds. The number of hydrogen-bond donors (Lipinski definition) is 14. The van der Waals surface area contributed by atoms with Crippen molar-refractivity contribution in [3.8, 4) is 0 Å². The van der Waals surface area contributed by atoms with Crippen molar-refractivity contribution in [2.24, 2.45) is 23.1 Å². The van der Waals surface area contributed by atoms with Gasteiger partial charge in [0.15, 0.2) is 23.3 Å². The molecule has 0 saturated carbocycles. The molecule has 5 aromatic rings. The van der Waals surface area contributed by atoms with Gasteiger partial charge in [0.05, 0.1) is 12.1 Å². The van der Waals surface area contributed by atoms with Crippen LogP contribution >= 0.6 is 25.3 Å². The Balaban J connectivity index is 1.45. The molecule has 1 heterocycles. The Morgan fingerprint density at radius 1 is 0.568 bits per heavy atom. The molecule has 15 N–H and O–H groups in total. The van der Waals surface area contributed by atoms with Crippen molar-refractivity contribution in [1.82, 2.24) is 42.2 Å². The first-order chi connectivity index (χ1) is 38.4. The number of benzene rings is 4. The van der Waals surface area contributed by atoms with Gasteiger partial charge in [-0.15, -0.1) is 0 Å². The summed E-state index contributed by atoms with van der Waals surface area (Å²) in [7, 11) is 0. The quantitative estimate of drug-likeness (QED) is 0.0106. The molecule has 0 spiro atoms. The predicted molar refractivity (Wildman–Crippen MR) is 297 cm³/mol. The topological polar surface area (TPSA) is 335 Å². The summed E-state index contributed by atoms with van der Waals surface area (Å²) in [6.45, 7) is 4.48. The van der Waals surface area contributed by atoms with Gasteiger partial charge in [0.1, 0.15) is 42.3 Å². The second-order valence-corrected chi connectivity index (χ2v) is 20.4. The van der Waals surface area contributed by atoms with Gasteiger partial charge >= 0.3 is 0 Å². The Hall–Kier alpha value is -7.33. The third-order valence-corrected chi connectivity index (χ3v) is 14.0. The maximum atomic E-state index is 15.4. The fourth-order valence-electron chi connectivity index (χ4n) is 8.66. The first-order valence-electron chi connectivity index (χ1n) is 25.7. The van der Waals surface area contributed by atoms with Crippen molar-refractivity contribution in [3.63, 3.8) is 0 Å². The summed E-state index contributed by atoms with van der Waals surface area (Å²) in [6.07, 6.45) is -1.29. The fraction of sp³-hybridized carbons (Fsp3) is 0.407. The van der Waals surface area contributed by atoms with E-state index < -0.39 is 161 Å². The molecule has 4 aromatic carbocycles. The first-order valence-corrected chi connectivity index (χ1v) is 27.0.